The summed E-state index contributed by atoms with van der Waals surface area (Å²) >= 11 is 6.29. The molecule has 1 N–H and O–H groups in total. The summed E-state index contributed by atoms with van der Waals surface area (Å²) in [5.74, 6) is 1.53. The Balaban J connectivity index is 1.56. The van der Waals surface area contributed by atoms with Crippen LogP contribution in [0.25, 0.3) is 10.9 Å². The number of para-hydroxylation sites is 1. The third kappa shape index (κ3) is 4.16. The normalized spacial score (nSPS) is 14.1. The van der Waals surface area contributed by atoms with Crippen LogP contribution in [0.1, 0.15) is 18.2 Å². The molecule has 0 spiro atoms. The zero-order chi connectivity index (χ0) is 18.8. The van der Waals surface area contributed by atoms with Crippen LogP contribution < -0.4 is 9.47 Å². The van der Waals surface area contributed by atoms with Gasteiger partial charge in [0.2, 0.25) is 6.79 Å². The molecule has 2 aromatic carbocycles. The molecule has 2 heterocycles. The van der Waals surface area contributed by atoms with Crippen molar-refractivity contribution in [2.45, 2.75) is 26.1 Å². The molecule has 6 heteroatoms. The highest BCUT2D eigenvalue weighted by Gasteiger charge is 2.16. The summed E-state index contributed by atoms with van der Waals surface area (Å²) in [5, 5.41) is 11.6. The zero-order valence-electron chi connectivity index (χ0n) is 15.1. The first-order valence-electron chi connectivity index (χ1n) is 8.91. The molecule has 140 valence electrons. The third-order valence-electron chi connectivity index (χ3n) is 4.48. The Morgan fingerprint density at radius 2 is 1.96 bits per heavy atom. The third-order valence-corrected chi connectivity index (χ3v) is 4.78. The SMILES string of the molecule is CC(O)CN(Cc1ccc2c(c1)OCO2)Cc1ccc2cccc(Cl)c2n1. The van der Waals surface area contributed by atoms with Crippen LogP contribution in [0.4, 0.5) is 0 Å². The molecular weight excluding hydrogens is 364 g/mol. The van der Waals surface area contributed by atoms with Crippen LogP contribution in [0.15, 0.2) is 48.5 Å². The average molecular weight is 385 g/mol. The lowest BCUT2D eigenvalue weighted by Crippen LogP contribution is -2.30. The predicted octanol–water partition coefficient (Wildman–Crippen LogP) is 4.00. The van der Waals surface area contributed by atoms with Crippen molar-refractivity contribution in [2.75, 3.05) is 13.3 Å². The number of halogens is 1. The van der Waals surface area contributed by atoms with E-state index < -0.39 is 6.10 Å². The number of rotatable bonds is 6. The van der Waals surface area contributed by atoms with E-state index in [1.54, 1.807) is 6.92 Å². The fraction of sp³-hybridized carbons (Fsp3) is 0.286. The van der Waals surface area contributed by atoms with Gasteiger partial charge in [-0.1, -0.05) is 35.9 Å². The molecule has 4 rings (SSSR count). The topological polar surface area (TPSA) is 54.8 Å². The minimum absolute atomic E-state index is 0.262. The second kappa shape index (κ2) is 7.72. The largest absolute Gasteiger partial charge is 0.454 e. The number of aromatic nitrogens is 1. The highest BCUT2D eigenvalue weighted by molar-refractivity contribution is 6.35. The summed E-state index contributed by atoms with van der Waals surface area (Å²) in [6.07, 6.45) is -0.442. The Hall–Kier alpha value is -2.34. The molecule has 0 amide bonds. The van der Waals surface area contributed by atoms with E-state index >= 15 is 0 Å². The van der Waals surface area contributed by atoms with Gasteiger partial charge in [0.05, 0.1) is 22.3 Å². The van der Waals surface area contributed by atoms with Gasteiger partial charge in [-0.15, -0.1) is 0 Å². The number of hydrogen-bond donors (Lipinski definition) is 1. The zero-order valence-corrected chi connectivity index (χ0v) is 15.8. The van der Waals surface area contributed by atoms with Crippen LogP contribution in [0.2, 0.25) is 5.02 Å². The van der Waals surface area contributed by atoms with E-state index in [9.17, 15) is 5.11 Å². The molecule has 0 radical (unpaired) electrons. The van der Waals surface area contributed by atoms with Gasteiger partial charge in [-0.2, -0.15) is 0 Å². The van der Waals surface area contributed by atoms with Crippen LogP contribution in [0.5, 0.6) is 11.5 Å². The molecule has 0 saturated heterocycles. The van der Waals surface area contributed by atoms with Gasteiger partial charge in [-0.05, 0) is 36.8 Å². The van der Waals surface area contributed by atoms with Crippen LogP contribution >= 0.6 is 11.6 Å². The lowest BCUT2D eigenvalue weighted by Gasteiger charge is -2.24. The second-order valence-electron chi connectivity index (χ2n) is 6.82. The second-order valence-corrected chi connectivity index (χ2v) is 7.23. The molecule has 0 bridgehead atoms. The fourth-order valence-corrected chi connectivity index (χ4v) is 3.55. The average Bonchev–Trinajstić information content (AvgIpc) is 3.09. The molecule has 0 fully saturated rings. The van der Waals surface area contributed by atoms with E-state index in [2.05, 4.69) is 4.90 Å². The fourth-order valence-electron chi connectivity index (χ4n) is 3.32. The van der Waals surface area contributed by atoms with Crippen LogP contribution in [-0.4, -0.2) is 34.4 Å². The molecule has 5 nitrogen and oxygen atoms in total. The minimum atomic E-state index is -0.442. The van der Waals surface area contributed by atoms with Gasteiger partial charge in [0.15, 0.2) is 11.5 Å². The smallest absolute Gasteiger partial charge is 0.231 e. The predicted molar refractivity (Wildman–Crippen MR) is 105 cm³/mol. The highest BCUT2D eigenvalue weighted by Crippen LogP contribution is 2.33. The summed E-state index contributed by atoms with van der Waals surface area (Å²) in [6, 6.07) is 15.7. The molecule has 1 unspecified atom stereocenters. The molecule has 0 saturated carbocycles. The maximum atomic E-state index is 9.92. The van der Waals surface area contributed by atoms with E-state index in [0.717, 1.165) is 33.7 Å². The van der Waals surface area contributed by atoms with Crippen LogP contribution in [0.3, 0.4) is 0 Å². The molecule has 1 aromatic heterocycles. The number of nitrogens with zero attached hydrogens (tertiary/aromatic N) is 2. The van der Waals surface area contributed by atoms with Gasteiger partial charge in [0.25, 0.3) is 0 Å². The van der Waals surface area contributed by atoms with Crippen molar-refractivity contribution < 1.29 is 14.6 Å². The maximum Gasteiger partial charge on any atom is 0.231 e. The Morgan fingerprint density at radius 3 is 2.81 bits per heavy atom. The van der Waals surface area contributed by atoms with Crippen molar-refractivity contribution in [3.63, 3.8) is 0 Å². The van der Waals surface area contributed by atoms with Gasteiger partial charge in [-0.3, -0.25) is 4.90 Å². The highest BCUT2D eigenvalue weighted by atomic mass is 35.5. The van der Waals surface area contributed by atoms with E-state index in [1.165, 1.54) is 0 Å². The Bertz CT molecular complexity index is 961. The minimum Gasteiger partial charge on any atom is -0.454 e. The first kappa shape index (κ1) is 18.0. The summed E-state index contributed by atoms with van der Waals surface area (Å²) in [6.45, 7) is 3.87. The molecule has 27 heavy (non-hydrogen) atoms. The van der Waals surface area contributed by atoms with Crippen molar-refractivity contribution in [1.29, 1.82) is 0 Å². The number of ether oxygens (including phenoxy) is 2. The van der Waals surface area contributed by atoms with Crippen molar-refractivity contribution in [2.24, 2.45) is 0 Å². The summed E-state index contributed by atoms with van der Waals surface area (Å²) in [4.78, 5) is 6.88. The lowest BCUT2D eigenvalue weighted by atomic mass is 10.1. The molecule has 1 aliphatic heterocycles. The van der Waals surface area contributed by atoms with Crippen LogP contribution in [0, 0.1) is 0 Å². The molecule has 0 aliphatic carbocycles. The molecule has 3 aromatic rings. The number of fused-ring (bicyclic) bond motifs is 2. The van der Waals surface area contributed by atoms with Gasteiger partial charge in [-0.25, -0.2) is 4.98 Å². The van der Waals surface area contributed by atoms with E-state index in [0.29, 0.717) is 24.7 Å². The Kier molecular flexibility index (Phi) is 5.16. The van der Waals surface area contributed by atoms with Gasteiger partial charge < -0.3 is 14.6 Å². The number of aliphatic hydroxyl groups is 1. The standard InChI is InChI=1S/C21H21ClN2O3/c1-14(25)10-24(11-15-5-8-19-20(9-15)27-13-26-19)12-17-7-6-16-3-2-4-18(22)21(16)23-17/h2-9,14,25H,10-13H2,1H3. The van der Waals surface area contributed by atoms with Crippen molar-refractivity contribution >= 4 is 22.5 Å². The lowest BCUT2D eigenvalue weighted by molar-refractivity contribution is 0.117. The first-order valence-corrected chi connectivity index (χ1v) is 9.29. The monoisotopic (exact) mass is 384 g/mol. The Morgan fingerprint density at radius 1 is 1.11 bits per heavy atom. The molecule has 1 atom stereocenters. The van der Waals surface area contributed by atoms with Crippen LogP contribution in [-0.2, 0) is 13.1 Å². The number of pyridine rings is 1. The van der Waals surface area contributed by atoms with Crippen molar-refractivity contribution in [3.05, 3.63) is 64.8 Å². The molecule has 1 aliphatic rings. The quantitative estimate of drug-likeness (QED) is 0.696. The number of aliphatic hydroxyl groups excluding tert-OH is 1. The van der Waals surface area contributed by atoms with E-state index in [1.807, 2.05) is 48.5 Å². The van der Waals surface area contributed by atoms with E-state index in [-0.39, 0.29) is 6.79 Å². The molecular formula is C21H21ClN2O3. The van der Waals surface area contributed by atoms with Crippen molar-refractivity contribution in [3.8, 4) is 11.5 Å². The van der Waals surface area contributed by atoms with Crippen molar-refractivity contribution in [1.82, 2.24) is 9.88 Å². The summed E-state index contributed by atoms with van der Waals surface area (Å²) < 4.78 is 10.8. The summed E-state index contributed by atoms with van der Waals surface area (Å²) in [5.41, 5.74) is 2.81. The van der Waals surface area contributed by atoms with Gasteiger partial charge >= 0.3 is 0 Å². The number of hydrogen-bond acceptors (Lipinski definition) is 5. The summed E-state index contributed by atoms with van der Waals surface area (Å²) in [7, 11) is 0. The maximum absolute atomic E-state index is 9.92. The van der Waals surface area contributed by atoms with E-state index in [4.69, 9.17) is 26.1 Å². The first-order chi connectivity index (χ1) is 13.1. The Labute approximate surface area is 163 Å². The number of benzene rings is 2. The van der Waals surface area contributed by atoms with Gasteiger partial charge in [0.1, 0.15) is 0 Å². The van der Waals surface area contributed by atoms with Gasteiger partial charge in [0, 0.05) is 25.0 Å².